The Morgan fingerprint density at radius 2 is 1.94 bits per heavy atom. The Labute approximate surface area is 101 Å². The Balaban J connectivity index is 2.26. The van der Waals surface area contributed by atoms with E-state index in [-0.39, 0.29) is 11.6 Å². The molecular weight excluding hydrogens is 240 g/mol. The minimum atomic E-state index is -1.33. The number of aromatic carboxylic acids is 1. The molecule has 0 saturated heterocycles. The molecule has 0 fully saturated rings. The molecule has 0 spiro atoms. The van der Waals surface area contributed by atoms with Crippen LogP contribution >= 0.6 is 0 Å². The van der Waals surface area contributed by atoms with Crippen LogP contribution in [0.5, 0.6) is 0 Å². The molecule has 2 rings (SSSR count). The van der Waals surface area contributed by atoms with Crippen LogP contribution in [-0.2, 0) is 0 Å². The van der Waals surface area contributed by atoms with Crippen LogP contribution in [0.15, 0.2) is 23.0 Å². The Morgan fingerprint density at radius 1 is 1.28 bits per heavy atom. The van der Waals surface area contributed by atoms with Crippen LogP contribution in [0, 0.1) is 6.92 Å². The van der Waals surface area contributed by atoms with E-state index in [9.17, 15) is 9.59 Å². The number of carbonyl (C=O) groups is 2. The quantitative estimate of drug-likeness (QED) is 0.821. The van der Waals surface area contributed by atoms with E-state index in [1.54, 1.807) is 6.92 Å². The highest BCUT2D eigenvalue weighted by atomic mass is 16.5. The lowest BCUT2D eigenvalue weighted by atomic mass is 10.3. The van der Waals surface area contributed by atoms with Crippen molar-refractivity contribution in [3.8, 4) is 0 Å². The van der Waals surface area contributed by atoms with Crippen molar-refractivity contribution in [1.29, 1.82) is 0 Å². The first-order valence-electron chi connectivity index (χ1n) is 4.87. The van der Waals surface area contributed by atoms with Crippen molar-refractivity contribution in [2.45, 2.75) is 6.92 Å². The zero-order chi connectivity index (χ0) is 13.1. The topological polar surface area (TPSA) is 118 Å². The highest BCUT2D eigenvalue weighted by Crippen LogP contribution is 2.11. The van der Waals surface area contributed by atoms with Crippen LogP contribution < -0.4 is 5.32 Å². The minimum Gasteiger partial charge on any atom is -0.476 e. The third kappa shape index (κ3) is 2.32. The predicted octanol–water partition coefficient (Wildman–Crippen LogP) is 0.724. The molecule has 0 aliphatic rings. The summed E-state index contributed by atoms with van der Waals surface area (Å²) in [7, 11) is 0. The summed E-state index contributed by atoms with van der Waals surface area (Å²) in [4.78, 5) is 29.9. The number of carboxylic acid groups (broad SMARTS) is 1. The van der Waals surface area contributed by atoms with Crippen molar-refractivity contribution in [2.24, 2.45) is 0 Å². The summed E-state index contributed by atoms with van der Waals surface area (Å²) < 4.78 is 4.78. The number of nitrogens with zero attached hydrogens (tertiary/aromatic N) is 3. The lowest BCUT2D eigenvalue weighted by Gasteiger charge is -2.02. The van der Waals surface area contributed by atoms with Crippen LogP contribution in [-0.4, -0.2) is 32.1 Å². The number of anilines is 1. The molecule has 0 saturated carbocycles. The first-order valence-corrected chi connectivity index (χ1v) is 4.87. The van der Waals surface area contributed by atoms with Gasteiger partial charge in [-0.3, -0.25) is 10.1 Å². The van der Waals surface area contributed by atoms with E-state index >= 15 is 0 Å². The first-order chi connectivity index (χ1) is 8.58. The summed E-state index contributed by atoms with van der Waals surface area (Å²) in [6, 6.07) is 1.49. The Hall–Kier alpha value is -2.77. The molecule has 0 bridgehead atoms. The highest BCUT2D eigenvalue weighted by molar-refractivity contribution is 6.07. The third-order valence-electron chi connectivity index (χ3n) is 1.98. The lowest BCUT2D eigenvalue weighted by Crippen LogP contribution is -2.19. The molecule has 2 aromatic heterocycles. The Bertz CT molecular complexity index is 607. The number of aryl methyl sites for hydroxylation is 1. The van der Waals surface area contributed by atoms with Crippen LogP contribution in [0.2, 0.25) is 0 Å². The van der Waals surface area contributed by atoms with Crippen molar-refractivity contribution < 1.29 is 19.2 Å². The normalized spacial score (nSPS) is 10.1. The second kappa shape index (κ2) is 4.62. The van der Waals surface area contributed by atoms with Crippen LogP contribution in [0.25, 0.3) is 0 Å². The summed E-state index contributed by atoms with van der Waals surface area (Å²) in [5, 5.41) is 14.8. The maximum Gasteiger partial charge on any atom is 0.356 e. The minimum absolute atomic E-state index is 0.111. The molecule has 0 aliphatic carbocycles. The number of carboxylic acids is 1. The zero-order valence-corrected chi connectivity index (χ0v) is 9.25. The van der Waals surface area contributed by atoms with E-state index in [0.717, 1.165) is 0 Å². The van der Waals surface area contributed by atoms with Crippen molar-refractivity contribution in [1.82, 2.24) is 15.1 Å². The standard InChI is InChI=1S/C10H8N4O4/c1-5-4-6(18-14-5)13-9(15)7-8(10(16)17)12-3-2-11-7/h2-4H,1H3,(H,13,15)(H,16,17). The van der Waals surface area contributed by atoms with Crippen LogP contribution in [0.4, 0.5) is 5.88 Å². The molecule has 8 nitrogen and oxygen atoms in total. The summed E-state index contributed by atoms with van der Waals surface area (Å²) in [5.41, 5.74) is -0.131. The van der Waals surface area contributed by atoms with Gasteiger partial charge in [-0.1, -0.05) is 5.16 Å². The summed E-state index contributed by atoms with van der Waals surface area (Å²) in [5.74, 6) is -1.95. The van der Waals surface area contributed by atoms with Gasteiger partial charge in [0.2, 0.25) is 5.88 Å². The number of hydrogen-bond acceptors (Lipinski definition) is 6. The van der Waals surface area contributed by atoms with Gasteiger partial charge in [-0.2, -0.15) is 0 Å². The van der Waals surface area contributed by atoms with Gasteiger partial charge in [0.15, 0.2) is 11.4 Å². The van der Waals surface area contributed by atoms with E-state index in [0.29, 0.717) is 5.69 Å². The number of hydrogen-bond donors (Lipinski definition) is 2. The Kier molecular flexibility index (Phi) is 3.00. The van der Waals surface area contributed by atoms with Gasteiger partial charge in [-0.05, 0) is 6.92 Å². The van der Waals surface area contributed by atoms with Gasteiger partial charge in [0.25, 0.3) is 5.91 Å². The molecule has 18 heavy (non-hydrogen) atoms. The smallest absolute Gasteiger partial charge is 0.356 e. The molecular formula is C10H8N4O4. The van der Waals surface area contributed by atoms with Gasteiger partial charge in [0, 0.05) is 18.5 Å². The molecule has 0 aromatic carbocycles. The highest BCUT2D eigenvalue weighted by Gasteiger charge is 2.20. The molecule has 0 unspecified atom stereocenters. The molecule has 2 heterocycles. The van der Waals surface area contributed by atoms with Crippen molar-refractivity contribution in [3.63, 3.8) is 0 Å². The largest absolute Gasteiger partial charge is 0.476 e. The van der Waals surface area contributed by atoms with Crippen molar-refractivity contribution >= 4 is 17.8 Å². The van der Waals surface area contributed by atoms with E-state index in [2.05, 4.69) is 20.4 Å². The SMILES string of the molecule is Cc1cc(NC(=O)c2nccnc2C(=O)O)on1. The number of aromatic nitrogens is 3. The predicted molar refractivity (Wildman–Crippen MR) is 58.2 cm³/mol. The number of nitrogens with one attached hydrogen (secondary N) is 1. The molecule has 0 aliphatic heterocycles. The van der Waals surface area contributed by atoms with Gasteiger partial charge >= 0.3 is 5.97 Å². The van der Waals surface area contributed by atoms with Gasteiger partial charge in [-0.15, -0.1) is 0 Å². The monoisotopic (exact) mass is 248 g/mol. The molecule has 92 valence electrons. The van der Waals surface area contributed by atoms with E-state index < -0.39 is 17.6 Å². The molecule has 2 N–H and O–H groups in total. The molecule has 1 amide bonds. The van der Waals surface area contributed by atoms with E-state index in [1.807, 2.05) is 0 Å². The zero-order valence-electron chi connectivity index (χ0n) is 9.25. The second-order valence-corrected chi connectivity index (χ2v) is 3.35. The molecule has 2 aromatic rings. The van der Waals surface area contributed by atoms with Gasteiger partial charge in [0.05, 0.1) is 5.69 Å². The molecule has 8 heteroatoms. The summed E-state index contributed by atoms with van der Waals surface area (Å²) in [6.07, 6.45) is 2.42. The third-order valence-corrected chi connectivity index (χ3v) is 1.98. The number of carbonyl (C=O) groups excluding carboxylic acids is 1. The lowest BCUT2D eigenvalue weighted by molar-refractivity contribution is 0.0685. The van der Waals surface area contributed by atoms with E-state index in [4.69, 9.17) is 9.63 Å². The number of rotatable bonds is 3. The van der Waals surface area contributed by atoms with Crippen LogP contribution in [0.1, 0.15) is 26.7 Å². The fraction of sp³-hybridized carbons (Fsp3) is 0.100. The maximum absolute atomic E-state index is 11.8. The second-order valence-electron chi connectivity index (χ2n) is 3.35. The number of amides is 1. The van der Waals surface area contributed by atoms with Gasteiger partial charge < -0.3 is 9.63 Å². The Morgan fingerprint density at radius 3 is 2.50 bits per heavy atom. The van der Waals surface area contributed by atoms with Gasteiger partial charge in [0.1, 0.15) is 0 Å². The van der Waals surface area contributed by atoms with Crippen molar-refractivity contribution in [3.05, 3.63) is 35.5 Å². The van der Waals surface area contributed by atoms with Crippen molar-refractivity contribution in [2.75, 3.05) is 5.32 Å². The average molecular weight is 248 g/mol. The maximum atomic E-state index is 11.8. The van der Waals surface area contributed by atoms with E-state index in [1.165, 1.54) is 18.5 Å². The van der Waals surface area contributed by atoms with Crippen LogP contribution in [0.3, 0.4) is 0 Å². The van der Waals surface area contributed by atoms with Gasteiger partial charge in [-0.25, -0.2) is 14.8 Å². The fourth-order valence-electron chi connectivity index (χ4n) is 1.25. The molecule has 0 atom stereocenters. The summed E-state index contributed by atoms with van der Waals surface area (Å²) in [6.45, 7) is 1.68. The average Bonchev–Trinajstić information content (AvgIpc) is 2.74. The molecule has 0 radical (unpaired) electrons. The summed E-state index contributed by atoms with van der Waals surface area (Å²) >= 11 is 0. The fourth-order valence-corrected chi connectivity index (χ4v) is 1.25. The first kappa shape index (κ1) is 11.7.